The Morgan fingerprint density at radius 2 is 2.12 bits per heavy atom. The minimum absolute atomic E-state index is 0.359. The van der Waals surface area contributed by atoms with Crippen LogP contribution in [0, 0.1) is 5.92 Å². The van der Waals surface area contributed by atoms with Gasteiger partial charge in [-0.1, -0.05) is 13.8 Å². The third kappa shape index (κ3) is 4.09. The maximum Gasteiger partial charge on any atom is 0.141 e. The van der Waals surface area contributed by atoms with Gasteiger partial charge in [0.05, 0.1) is 6.54 Å². The Labute approximate surface area is 104 Å². The minimum Gasteiger partial charge on any atom is -0.330 e. The molecule has 1 unspecified atom stereocenters. The van der Waals surface area contributed by atoms with E-state index in [1.165, 1.54) is 0 Å². The van der Waals surface area contributed by atoms with Gasteiger partial charge in [-0.2, -0.15) is 5.10 Å². The first-order valence-electron chi connectivity index (χ1n) is 6.39. The van der Waals surface area contributed by atoms with E-state index in [1.807, 2.05) is 4.68 Å². The lowest BCUT2D eigenvalue weighted by Crippen LogP contribution is -2.32. The molecule has 5 nitrogen and oxygen atoms in total. The van der Waals surface area contributed by atoms with Gasteiger partial charge in [0, 0.05) is 12.6 Å². The summed E-state index contributed by atoms with van der Waals surface area (Å²) in [7, 11) is 0. The summed E-state index contributed by atoms with van der Waals surface area (Å²) in [5, 5.41) is 4.26. The first-order chi connectivity index (χ1) is 8.08. The van der Waals surface area contributed by atoms with Crippen molar-refractivity contribution in [2.75, 3.05) is 19.6 Å². The molecular formula is C12H25N5. The smallest absolute Gasteiger partial charge is 0.141 e. The molecule has 0 aliphatic heterocycles. The third-order valence-electron chi connectivity index (χ3n) is 2.92. The molecule has 5 heteroatoms. The molecule has 0 fully saturated rings. The molecule has 0 amide bonds. The Morgan fingerprint density at radius 1 is 1.41 bits per heavy atom. The van der Waals surface area contributed by atoms with Gasteiger partial charge in [-0.3, -0.25) is 4.90 Å². The van der Waals surface area contributed by atoms with Gasteiger partial charge >= 0.3 is 0 Å². The minimum atomic E-state index is 0.359. The second-order valence-electron chi connectivity index (χ2n) is 4.88. The molecule has 0 aliphatic carbocycles. The fraction of sp³-hybridized carbons (Fsp3) is 0.833. The van der Waals surface area contributed by atoms with E-state index in [4.69, 9.17) is 5.73 Å². The van der Waals surface area contributed by atoms with Crippen molar-refractivity contribution in [1.82, 2.24) is 19.7 Å². The fourth-order valence-electron chi connectivity index (χ4n) is 1.84. The van der Waals surface area contributed by atoms with Crippen molar-refractivity contribution in [2.24, 2.45) is 11.7 Å². The molecule has 0 bridgehead atoms. The molecule has 1 rings (SSSR count). The summed E-state index contributed by atoms with van der Waals surface area (Å²) in [6, 6.07) is 0.359. The number of nitrogens with two attached hydrogens (primary N) is 1. The second-order valence-corrected chi connectivity index (χ2v) is 4.88. The summed E-state index contributed by atoms with van der Waals surface area (Å²) in [6.07, 6.45) is 1.63. The van der Waals surface area contributed by atoms with E-state index >= 15 is 0 Å². The molecule has 0 saturated heterocycles. The highest BCUT2D eigenvalue weighted by atomic mass is 15.4. The Morgan fingerprint density at radius 3 is 2.65 bits per heavy atom. The Balaban J connectivity index is 2.64. The van der Waals surface area contributed by atoms with Crippen LogP contribution in [0.5, 0.6) is 0 Å². The van der Waals surface area contributed by atoms with Crippen LogP contribution in [-0.4, -0.2) is 39.3 Å². The topological polar surface area (TPSA) is 60.0 Å². The normalized spacial score (nSPS) is 13.6. The van der Waals surface area contributed by atoms with Crippen molar-refractivity contribution in [3.63, 3.8) is 0 Å². The average molecular weight is 239 g/mol. The van der Waals surface area contributed by atoms with Crippen LogP contribution in [0.3, 0.4) is 0 Å². The summed E-state index contributed by atoms with van der Waals surface area (Å²) in [5.41, 5.74) is 5.67. The Bertz CT molecular complexity index is 320. The summed E-state index contributed by atoms with van der Waals surface area (Å²) >= 11 is 0. The lowest BCUT2D eigenvalue weighted by molar-refractivity contribution is 0.232. The first-order valence-corrected chi connectivity index (χ1v) is 6.39. The largest absolute Gasteiger partial charge is 0.330 e. The maximum atomic E-state index is 5.67. The molecule has 1 heterocycles. The van der Waals surface area contributed by atoms with Gasteiger partial charge in [0.25, 0.3) is 0 Å². The fourth-order valence-corrected chi connectivity index (χ4v) is 1.84. The van der Waals surface area contributed by atoms with Gasteiger partial charge in [0.1, 0.15) is 12.2 Å². The van der Waals surface area contributed by atoms with Crippen LogP contribution in [0.1, 0.15) is 39.6 Å². The SMILES string of the molecule is CCN(Cc1ncnn1C(C)C)CC(C)CN. The highest BCUT2D eigenvalue weighted by Crippen LogP contribution is 2.09. The van der Waals surface area contributed by atoms with Gasteiger partial charge in [-0.25, -0.2) is 9.67 Å². The van der Waals surface area contributed by atoms with E-state index < -0.39 is 0 Å². The number of hydrogen-bond donors (Lipinski definition) is 1. The zero-order valence-corrected chi connectivity index (χ0v) is 11.4. The number of rotatable bonds is 7. The van der Waals surface area contributed by atoms with E-state index in [9.17, 15) is 0 Å². The van der Waals surface area contributed by atoms with Gasteiger partial charge in [0.15, 0.2) is 0 Å². The van der Waals surface area contributed by atoms with Gasteiger partial charge in [-0.05, 0) is 32.9 Å². The van der Waals surface area contributed by atoms with Crippen LogP contribution in [0.4, 0.5) is 0 Å². The quantitative estimate of drug-likeness (QED) is 0.778. The van der Waals surface area contributed by atoms with Gasteiger partial charge < -0.3 is 5.73 Å². The summed E-state index contributed by atoms with van der Waals surface area (Å²) in [5.74, 6) is 1.55. The maximum absolute atomic E-state index is 5.67. The third-order valence-corrected chi connectivity index (χ3v) is 2.92. The van der Waals surface area contributed by atoms with Crippen LogP contribution in [0.25, 0.3) is 0 Å². The molecule has 0 aromatic carbocycles. The average Bonchev–Trinajstić information content (AvgIpc) is 2.76. The predicted molar refractivity (Wildman–Crippen MR) is 69.6 cm³/mol. The lowest BCUT2D eigenvalue weighted by atomic mass is 10.1. The monoisotopic (exact) mass is 239 g/mol. The molecule has 1 aromatic heterocycles. The lowest BCUT2D eigenvalue weighted by Gasteiger charge is -2.23. The molecule has 2 N–H and O–H groups in total. The first kappa shape index (κ1) is 14.1. The highest BCUT2D eigenvalue weighted by Gasteiger charge is 2.13. The van der Waals surface area contributed by atoms with Crippen molar-refractivity contribution in [2.45, 2.75) is 40.3 Å². The summed E-state index contributed by atoms with van der Waals surface area (Å²) in [4.78, 5) is 6.70. The summed E-state index contributed by atoms with van der Waals surface area (Å²) in [6.45, 7) is 12.2. The van der Waals surface area contributed by atoms with E-state index in [0.717, 1.165) is 32.0 Å². The van der Waals surface area contributed by atoms with Crippen molar-refractivity contribution in [3.05, 3.63) is 12.2 Å². The van der Waals surface area contributed by atoms with Crippen LogP contribution in [0.2, 0.25) is 0 Å². The highest BCUT2D eigenvalue weighted by molar-refractivity contribution is 4.86. The van der Waals surface area contributed by atoms with Crippen LogP contribution in [-0.2, 0) is 6.54 Å². The molecule has 98 valence electrons. The van der Waals surface area contributed by atoms with E-state index in [0.29, 0.717) is 12.0 Å². The van der Waals surface area contributed by atoms with Crippen molar-refractivity contribution in [3.8, 4) is 0 Å². The Kier molecular flexibility index (Phi) is 5.58. The molecule has 0 radical (unpaired) electrons. The number of aromatic nitrogens is 3. The van der Waals surface area contributed by atoms with Crippen LogP contribution in [0.15, 0.2) is 6.33 Å². The number of nitrogens with zero attached hydrogens (tertiary/aromatic N) is 4. The van der Waals surface area contributed by atoms with Crippen LogP contribution < -0.4 is 5.73 Å². The van der Waals surface area contributed by atoms with Gasteiger partial charge in [-0.15, -0.1) is 0 Å². The molecule has 0 saturated carbocycles. The van der Waals surface area contributed by atoms with E-state index in [1.54, 1.807) is 6.33 Å². The Hall–Kier alpha value is -0.940. The predicted octanol–water partition coefficient (Wildman–Crippen LogP) is 1.28. The molecule has 1 atom stereocenters. The summed E-state index contributed by atoms with van der Waals surface area (Å²) < 4.78 is 1.98. The standard InChI is InChI=1S/C12H25N5/c1-5-16(7-11(4)6-13)8-12-14-9-15-17(12)10(2)3/h9-11H,5-8,13H2,1-4H3. The van der Waals surface area contributed by atoms with Crippen molar-refractivity contribution >= 4 is 0 Å². The molecule has 0 aliphatic rings. The van der Waals surface area contributed by atoms with E-state index in [2.05, 4.69) is 42.7 Å². The number of hydrogen-bond acceptors (Lipinski definition) is 4. The zero-order chi connectivity index (χ0) is 12.8. The molecular weight excluding hydrogens is 214 g/mol. The van der Waals surface area contributed by atoms with E-state index in [-0.39, 0.29) is 0 Å². The van der Waals surface area contributed by atoms with Crippen molar-refractivity contribution in [1.29, 1.82) is 0 Å². The zero-order valence-electron chi connectivity index (χ0n) is 11.4. The molecule has 0 spiro atoms. The second kappa shape index (κ2) is 6.71. The van der Waals surface area contributed by atoms with Crippen LogP contribution >= 0.6 is 0 Å². The van der Waals surface area contributed by atoms with Crippen molar-refractivity contribution < 1.29 is 0 Å². The molecule has 17 heavy (non-hydrogen) atoms. The van der Waals surface area contributed by atoms with Gasteiger partial charge in [0.2, 0.25) is 0 Å². The molecule has 1 aromatic rings.